The molecule has 1 atom stereocenters. The molecule has 2 N–H and O–H groups in total. The molecule has 16 heavy (non-hydrogen) atoms. The number of benzene rings is 1. The van der Waals surface area contributed by atoms with Gasteiger partial charge in [-0.25, -0.2) is 0 Å². The minimum Gasteiger partial charge on any atom is -0.320 e. The largest absolute Gasteiger partial charge is 0.320 e. The van der Waals surface area contributed by atoms with Gasteiger partial charge in [0.25, 0.3) is 0 Å². The van der Waals surface area contributed by atoms with Crippen LogP contribution in [0.25, 0.3) is 0 Å². The molecule has 0 saturated carbocycles. The normalized spacial score (nSPS) is 11.9. The van der Waals surface area contributed by atoms with Crippen molar-refractivity contribution >= 4 is 35.3 Å². The van der Waals surface area contributed by atoms with Crippen molar-refractivity contribution in [1.29, 1.82) is 0 Å². The average molecular weight is 274 g/mol. The van der Waals surface area contributed by atoms with Gasteiger partial charge in [0.05, 0.1) is 6.04 Å². The van der Waals surface area contributed by atoms with Crippen LogP contribution in [0.15, 0.2) is 35.7 Å². The second-order valence-corrected chi connectivity index (χ2v) is 4.91. The number of hydrogen-bond acceptors (Lipinski definition) is 2. The molecule has 86 valence electrons. The van der Waals surface area contributed by atoms with Crippen molar-refractivity contribution in [3.8, 4) is 0 Å². The van der Waals surface area contributed by atoms with Crippen LogP contribution in [0.4, 0.5) is 0 Å². The molecule has 2 rings (SSSR count). The lowest BCUT2D eigenvalue weighted by molar-refractivity contribution is 0.883. The van der Waals surface area contributed by atoms with Gasteiger partial charge in [0.2, 0.25) is 0 Å². The van der Waals surface area contributed by atoms with Gasteiger partial charge in [-0.2, -0.15) is 0 Å². The van der Waals surface area contributed by atoms with Gasteiger partial charge < -0.3 is 5.73 Å². The third-order valence-corrected chi connectivity index (χ3v) is 3.61. The van der Waals surface area contributed by atoms with Crippen molar-refractivity contribution in [2.75, 3.05) is 0 Å². The summed E-state index contributed by atoms with van der Waals surface area (Å²) in [5.74, 6) is 0. The van der Waals surface area contributed by atoms with E-state index in [0.717, 1.165) is 16.1 Å². The van der Waals surface area contributed by atoms with Gasteiger partial charge in [-0.15, -0.1) is 23.7 Å². The van der Waals surface area contributed by atoms with E-state index in [1.165, 1.54) is 4.88 Å². The number of rotatable bonds is 2. The maximum atomic E-state index is 6.18. The van der Waals surface area contributed by atoms with E-state index >= 15 is 0 Å². The molecule has 1 aromatic heterocycles. The lowest BCUT2D eigenvalue weighted by atomic mass is 10.0. The minimum atomic E-state index is -0.0396. The fraction of sp³-hybridized carbons (Fsp3) is 0.167. The number of thiophene rings is 1. The SMILES string of the molecule is Cc1cc(Cl)ccc1[C@H](N)c1cccs1.Cl. The van der Waals surface area contributed by atoms with Crippen molar-refractivity contribution in [3.63, 3.8) is 0 Å². The Morgan fingerprint density at radius 3 is 2.62 bits per heavy atom. The predicted molar refractivity (Wildman–Crippen MR) is 73.8 cm³/mol. The quantitative estimate of drug-likeness (QED) is 0.873. The molecule has 0 bridgehead atoms. The molecule has 0 unspecified atom stereocenters. The molecular formula is C12H13Cl2NS. The lowest BCUT2D eigenvalue weighted by Crippen LogP contribution is -2.11. The molecule has 0 radical (unpaired) electrons. The first kappa shape index (κ1) is 13.5. The second-order valence-electron chi connectivity index (χ2n) is 3.49. The van der Waals surface area contributed by atoms with Crippen LogP contribution in [-0.4, -0.2) is 0 Å². The van der Waals surface area contributed by atoms with E-state index < -0.39 is 0 Å². The Morgan fingerprint density at radius 1 is 1.31 bits per heavy atom. The summed E-state index contributed by atoms with van der Waals surface area (Å²) < 4.78 is 0. The van der Waals surface area contributed by atoms with Crippen LogP contribution >= 0.6 is 35.3 Å². The average Bonchev–Trinajstić information content (AvgIpc) is 2.69. The predicted octanol–water partition coefficient (Wildman–Crippen LogP) is 4.18. The van der Waals surface area contributed by atoms with Crippen LogP contribution < -0.4 is 5.73 Å². The molecule has 0 spiro atoms. The Hall–Kier alpha value is -0.540. The van der Waals surface area contributed by atoms with E-state index in [9.17, 15) is 0 Å². The summed E-state index contributed by atoms with van der Waals surface area (Å²) in [6.07, 6.45) is 0. The van der Waals surface area contributed by atoms with Crippen LogP contribution in [0, 0.1) is 6.92 Å². The van der Waals surface area contributed by atoms with Crippen LogP contribution in [0.3, 0.4) is 0 Å². The molecule has 0 saturated heterocycles. The van der Waals surface area contributed by atoms with Gasteiger partial charge in [-0.05, 0) is 41.6 Å². The fourth-order valence-electron chi connectivity index (χ4n) is 1.61. The van der Waals surface area contributed by atoms with Gasteiger partial charge in [-0.1, -0.05) is 23.7 Å². The molecule has 1 heterocycles. The van der Waals surface area contributed by atoms with Gasteiger partial charge in [0.1, 0.15) is 0 Å². The smallest absolute Gasteiger partial charge is 0.0648 e. The second kappa shape index (κ2) is 5.69. The first-order chi connectivity index (χ1) is 7.18. The lowest BCUT2D eigenvalue weighted by Gasteiger charge is -2.13. The van der Waals surface area contributed by atoms with E-state index in [1.54, 1.807) is 11.3 Å². The molecule has 1 aromatic carbocycles. The number of halogens is 2. The number of nitrogens with two attached hydrogens (primary N) is 1. The van der Waals surface area contributed by atoms with Crippen LogP contribution in [0.1, 0.15) is 22.0 Å². The molecule has 0 aliphatic carbocycles. The first-order valence-corrected chi connectivity index (χ1v) is 5.99. The van der Waals surface area contributed by atoms with Crippen molar-refractivity contribution in [3.05, 3.63) is 56.7 Å². The number of hydrogen-bond donors (Lipinski definition) is 1. The summed E-state index contributed by atoms with van der Waals surface area (Å²) in [6, 6.07) is 9.88. The summed E-state index contributed by atoms with van der Waals surface area (Å²) in [5, 5.41) is 2.80. The van der Waals surface area contributed by atoms with Crippen LogP contribution in [-0.2, 0) is 0 Å². The monoisotopic (exact) mass is 273 g/mol. The van der Waals surface area contributed by atoms with Gasteiger partial charge in [-0.3, -0.25) is 0 Å². The Balaban J connectivity index is 0.00000128. The van der Waals surface area contributed by atoms with Crippen molar-refractivity contribution in [1.82, 2.24) is 0 Å². The summed E-state index contributed by atoms with van der Waals surface area (Å²) in [6.45, 7) is 2.04. The van der Waals surface area contributed by atoms with E-state index in [4.69, 9.17) is 17.3 Å². The highest BCUT2D eigenvalue weighted by atomic mass is 35.5. The Kier molecular flexibility index (Phi) is 4.81. The van der Waals surface area contributed by atoms with Crippen molar-refractivity contribution in [2.24, 2.45) is 5.73 Å². The Bertz CT molecular complexity index is 454. The van der Waals surface area contributed by atoms with Gasteiger partial charge in [0, 0.05) is 9.90 Å². The highest BCUT2D eigenvalue weighted by Gasteiger charge is 2.11. The topological polar surface area (TPSA) is 26.0 Å². The molecule has 1 nitrogen and oxygen atoms in total. The Labute approximate surface area is 111 Å². The van der Waals surface area contributed by atoms with Gasteiger partial charge in [0.15, 0.2) is 0 Å². The third kappa shape index (κ3) is 2.77. The standard InChI is InChI=1S/C12H12ClNS.ClH/c1-8-7-9(13)4-5-10(8)12(14)11-3-2-6-15-11;/h2-7,12H,14H2,1H3;1H/t12-;/m0./s1. The molecule has 0 aliphatic rings. The number of aryl methyl sites for hydroxylation is 1. The summed E-state index contributed by atoms with van der Waals surface area (Å²) in [7, 11) is 0. The fourth-order valence-corrected chi connectivity index (χ4v) is 2.58. The molecular weight excluding hydrogens is 261 g/mol. The van der Waals surface area contributed by atoms with Crippen molar-refractivity contribution < 1.29 is 0 Å². The van der Waals surface area contributed by atoms with Crippen LogP contribution in [0.2, 0.25) is 5.02 Å². The van der Waals surface area contributed by atoms with Crippen molar-refractivity contribution in [2.45, 2.75) is 13.0 Å². The highest BCUT2D eigenvalue weighted by molar-refractivity contribution is 7.10. The highest BCUT2D eigenvalue weighted by Crippen LogP contribution is 2.27. The van der Waals surface area contributed by atoms with E-state index in [0.29, 0.717) is 0 Å². The van der Waals surface area contributed by atoms with Gasteiger partial charge >= 0.3 is 0 Å². The maximum absolute atomic E-state index is 6.18. The van der Waals surface area contributed by atoms with E-state index in [1.807, 2.05) is 36.6 Å². The van der Waals surface area contributed by atoms with Crippen LogP contribution in [0.5, 0.6) is 0 Å². The summed E-state index contributed by atoms with van der Waals surface area (Å²) in [5.41, 5.74) is 8.46. The van der Waals surface area contributed by atoms with E-state index in [-0.39, 0.29) is 18.4 Å². The summed E-state index contributed by atoms with van der Waals surface area (Å²) >= 11 is 7.59. The zero-order valence-electron chi connectivity index (χ0n) is 8.81. The Morgan fingerprint density at radius 2 is 2.06 bits per heavy atom. The zero-order chi connectivity index (χ0) is 10.8. The zero-order valence-corrected chi connectivity index (χ0v) is 11.2. The maximum Gasteiger partial charge on any atom is 0.0648 e. The first-order valence-electron chi connectivity index (χ1n) is 4.73. The van der Waals surface area contributed by atoms with E-state index in [2.05, 4.69) is 6.07 Å². The molecule has 4 heteroatoms. The summed E-state index contributed by atoms with van der Waals surface area (Å²) in [4.78, 5) is 1.18. The minimum absolute atomic E-state index is 0. The third-order valence-electron chi connectivity index (χ3n) is 2.42. The molecule has 0 fully saturated rings. The molecule has 0 amide bonds. The molecule has 2 aromatic rings. The molecule has 0 aliphatic heterocycles.